The second kappa shape index (κ2) is 7.01. The van der Waals surface area contributed by atoms with Crippen molar-refractivity contribution in [2.24, 2.45) is 0 Å². The molecule has 0 aromatic carbocycles. The maximum atomic E-state index is 12.2. The Morgan fingerprint density at radius 2 is 2.30 bits per heavy atom. The van der Waals surface area contributed by atoms with Crippen molar-refractivity contribution in [1.82, 2.24) is 15.1 Å². The summed E-state index contributed by atoms with van der Waals surface area (Å²) >= 11 is 0. The fourth-order valence-corrected chi connectivity index (χ4v) is 2.65. The minimum Gasteiger partial charge on any atom is -0.391 e. The van der Waals surface area contributed by atoms with Crippen LogP contribution in [0.25, 0.3) is 0 Å². The van der Waals surface area contributed by atoms with Crippen LogP contribution in [0, 0.1) is 0 Å². The molecule has 0 aliphatic carbocycles. The van der Waals surface area contributed by atoms with Crippen LogP contribution in [-0.2, 0) is 14.3 Å². The summed E-state index contributed by atoms with van der Waals surface area (Å²) in [4.78, 5) is 27.7. The average Bonchev–Trinajstić information content (AvgIpc) is 2.86. The van der Waals surface area contributed by atoms with Gasteiger partial charge in [0.05, 0.1) is 25.2 Å². The molecule has 2 amide bonds. The molecule has 114 valence electrons. The molecule has 2 aliphatic heterocycles. The number of likely N-dealkylation sites (tertiary alicyclic amines) is 1. The van der Waals surface area contributed by atoms with E-state index in [9.17, 15) is 14.7 Å². The van der Waals surface area contributed by atoms with Crippen LogP contribution in [0.4, 0.5) is 0 Å². The average molecular weight is 285 g/mol. The third-order valence-corrected chi connectivity index (χ3v) is 3.84. The van der Waals surface area contributed by atoms with E-state index in [0.717, 1.165) is 0 Å². The Morgan fingerprint density at radius 1 is 1.50 bits per heavy atom. The fourth-order valence-electron chi connectivity index (χ4n) is 2.65. The first-order valence-electron chi connectivity index (χ1n) is 7.08. The molecule has 0 bridgehead atoms. The van der Waals surface area contributed by atoms with E-state index < -0.39 is 12.1 Å². The molecule has 0 radical (unpaired) electrons. The van der Waals surface area contributed by atoms with Gasteiger partial charge in [0.25, 0.3) is 0 Å². The normalized spacial score (nSPS) is 27.2. The molecule has 0 aromatic heterocycles. The van der Waals surface area contributed by atoms with Gasteiger partial charge in [-0.1, -0.05) is 0 Å². The summed E-state index contributed by atoms with van der Waals surface area (Å²) in [7, 11) is 1.60. The van der Waals surface area contributed by atoms with Gasteiger partial charge in [-0.2, -0.15) is 0 Å². The summed E-state index contributed by atoms with van der Waals surface area (Å²) in [5.74, 6) is -0.109. The van der Waals surface area contributed by atoms with E-state index in [1.165, 1.54) is 0 Å². The van der Waals surface area contributed by atoms with Gasteiger partial charge in [0.1, 0.15) is 0 Å². The highest BCUT2D eigenvalue weighted by Crippen LogP contribution is 2.13. The Balaban J connectivity index is 1.85. The maximum Gasteiger partial charge on any atom is 0.240 e. The molecular formula is C13H23N3O4. The molecule has 2 saturated heterocycles. The summed E-state index contributed by atoms with van der Waals surface area (Å²) in [6, 6.07) is -0.453. The van der Waals surface area contributed by atoms with Gasteiger partial charge in [-0.25, -0.2) is 0 Å². The van der Waals surface area contributed by atoms with Crippen LogP contribution in [0.3, 0.4) is 0 Å². The highest BCUT2D eigenvalue weighted by atomic mass is 16.5. The lowest BCUT2D eigenvalue weighted by Crippen LogP contribution is -2.56. The molecule has 7 nitrogen and oxygen atoms in total. The van der Waals surface area contributed by atoms with E-state index in [1.54, 1.807) is 16.9 Å². The lowest BCUT2D eigenvalue weighted by Gasteiger charge is -2.33. The highest BCUT2D eigenvalue weighted by molar-refractivity contribution is 5.89. The number of amides is 2. The van der Waals surface area contributed by atoms with E-state index in [-0.39, 0.29) is 18.2 Å². The molecule has 0 aromatic rings. The van der Waals surface area contributed by atoms with E-state index in [2.05, 4.69) is 5.32 Å². The van der Waals surface area contributed by atoms with Crippen molar-refractivity contribution in [2.45, 2.75) is 25.0 Å². The minimum atomic E-state index is -0.453. The third-order valence-electron chi connectivity index (χ3n) is 3.84. The predicted molar refractivity (Wildman–Crippen MR) is 72.1 cm³/mol. The lowest BCUT2D eigenvalue weighted by atomic mass is 10.1. The number of ether oxygens (including phenoxy) is 1. The molecule has 2 atom stereocenters. The molecule has 2 unspecified atom stereocenters. The zero-order chi connectivity index (χ0) is 14.5. The SMILES string of the molecule is COCCN1CCNC(CC(=O)N2CCC(O)C2)C1=O. The van der Waals surface area contributed by atoms with Crippen molar-refractivity contribution >= 4 is 11.8 Å². The first-order chi connectivity index (χ1) is 9.61. The van der Waals surface area contributed by atoms with E-state index in [0.29, 0.717) is 45.8 Å². The molecule has 2 rings (SSSR count). The number of methoxy groups -OCH3 is 1. The summed E-state index contributed by atoms with van der Waals surface area (Å²) in [5.41, 5.74) is 0. The van der Waals surface area contributed by atoms with Crippen LogP contribution in [-0.4, -0.2) is 85.3 Å². The molecular weight excluding hydrogens is 262 g/mol. The number of aliphatic hydroxyl groups is 1. The number of β-amino-alcohol motifs (C(OH)–C–C–N with tert-alkyl or cyclic N) is 1. The number of carbonyl (C=O) groups excluding carboxylic acids is 2. The van der Waals surface area contributed by atoms with Gasteiger partial charge in [-0.05, 0) is 6.42 Å². The van der Waals surface area contributed by atoms with Gasteiger partial charge >= 0.3 is 0 Å². The maximum absolute atomic E-state index is 12.2. The molecule has 2 aliphatic rings. The van der Waals surface area contributed by atoms with Gasteiger partial charge in [-0.15, -0.1) is 0 Å². The van der Waals surface area contributed by atoms with Crippen molar-refractivity contribution in [3.8, 4) is 0 Å². The number of aliphatic hydroxyl groups excluding tert-OH is 1. The van der Waals surface area contributed by atoms with Gasteiger partial charge in [0, 0.05) is 39.8 Å². The Morgan fingerprint density at radius 3 is 2.95 bits per heavy atom. The van der Waals surface area contributed by atoms with Crippen LogP contribution >= 0.6 is 0 Å². The van der Waals surface area contributed by atoms with Crippen LogP contribution in [0.2, 0.25) is 0 Å². The van der Waals surface area contributed by atoms with Gasteiger partial charge in [0.2, 0.25) is 11.8 Å². The summed E-state index contributed by atoms with van der Waals surface area (Å²) in [6.07, 6.45) is 0.361. The van der Waals surface area contributed by atoms with Gasteiger partial charge < -0.3 is 25.0 Å². The largest absolute Gasteiger partial charge is 0.391 e. The Kier molecular flexibility index (Phi) is 5.33. The number of hydrogen-bond donors (Lipinski definition) is 2. The molecule has 2 heterocycles. The molecule has 0 saturated carbocycles. The summed E-state index contributed by atoms with van der Waals surface area (Å²) in [6.45, 7) is 3.36. The number of rotatable bonds is 5. The van der Waals surface area contributed by atoms with Crippen LogP contribution in [0.15, 0.2) is 0 Å². The predicted octanol–water partition coefficient (Wildman–Crippen LogP) is -1.58. The summed E-state index contributed by atoms with van der Waals surface area (Å²) < 4.78 is 4.99. The monoisotopic (exact) mass is 285 g/mol. The zero-order valence-corrected chi connectivity index (χ0v) is 11.9. The molecule has 20 heavy (non-hydrogen) atoms. The molecule has 7 heteroatoms. The standard InChI is InChI=1S/C13H23N3O4/c1-20-7-6-15-5-3-14-11(13(15)19)8-12(18)16-4-2-10(17)9-16/h10-11,14,17H,2-9H2,1H3. The summed E-state index contributed by atoms with van der Waals surface area (Å²) in [5, 5.41) is 12.5. The van der Waals surface area contributed by atoms with Crippen LogP contribution in [0.1, 0.15) is 12.8 Å². The van der Waals surface area contributed by atoms with Crippen LogP contribution in [0.5, 0.6) is 0 Å². The Bertz CT molecular complexity index is 364. The van der Waals surface area contributed by atoms with E-state index >= 15 is 0 Å². The van der Waals surface area contributed by atoms with Crippen molar-refractivity contribution < 1.29 is 19.4 Å². The van der Waals surface area contributed by atoms with Crippen LogP contribution < -0.4 is 5.32 Å². The van der Waals surface area contributed by atoms with Gasteiger partial charge in [-0.3, -0.25) is 9.59 Å². The van der Waals surface area contributed by atoms with E-state index in [4.69, 9.17) is 4.74 Å². The molecule has 2 fully saturated rings. The zero-order valence-electron chi connectivity index (χ0n) is 11.9. The Labute approximate surface area is 118 Å². The van der Waals surface area contributed by atoms with Gasteiger partial charge in [0.15, 0.2) is 0 Å². The number of piperazine rings is 1. The first kappa shape index (κ1) is 15.2. The smallest absolute Gasteiger partial charge is 0.240 e. The van der Waals surface area contributed by atoms with Crippen molar-refractivity contribution in [3.05, 3.63) is 0 Å². The molecule has 0 spiro atoms. The highest BCUT2D eigenvalue weighted by Gasteiger charge is 2.32. The Hall–Kier alpha value is -1.18. The lowest BCUT2D eigenvalue weighted by molar-refractivity contribution is -0.141. The van der Waals surface area contributed by atoms with Crippen molar-refractivity contribution in [3.63, 3.8) is 0 Å². The first-order valence-corrected chi connectivity index (χ1v) is 7.08. The number of hydrogen-bond acceptors (Lipinski definition) is 5. The second-order valence-electron chi connectivity index (χ2n) is 5.31. The number of carbonyl (C=O) groups is 2. The van der Waals surface area contributed by atoms with E-state index in [1.807, 2.05) is 0 Å². The minimum absolute atomic E-state index is 0.0404. The molecule has 2 N–H and O–H groups in total. The topological polar surface area (TPSA) is 82.1 Å². The fraction of sp³-hybridized carbons (Fsp3) is 0.846. The second-order valence-corrected chi connectivity index (χ2v) is 5.31. The third kappa shape index (κ3) is 3.68. The number of nitrogens with zero attached hydrogens (tertiary/aromatic N) is 2. The number of nitrogens with one attached hydrogen (secondary N) is 1. The quantitative estimate of drug-likeness (QED) is 0.637. The van der Waals surface area contributed by atoms with Crippen molar-refractivity contribution in [2.75, 3.05) is 46.4 Å². The van der Waals surface area contributed by atoms with Crippen molar-refractivity contribution in [1.29, 1.82) is 0 Å².